The maximum atomic E-state index is 13.1. The van der Waals surface area contributed by atoms with Crippen molar-refractivity contribution in [2.45, 2.75) is 32.7 Å². The molecule has 43 heavy (non-hydrogen) atoms. The molecule has 3 aromatic rings. The minimum absolute atomic E-state index is 0.159. The number of hydrogen-bond donors (Lipinski definition) is 4. The molecule has 226 valence electrons. The summed E-state index contributed by atoms with van der Waals surface area (Å²) in [5.41, 5.74) is 5.40. The van der Waals surface area contributed by atoms with Crippen LogP contribution in [0.3, 0.4) is 0 Å². The number of nitrogens with one attached hydrogen (secondary N) is 3. The number of benzene rings is 3. The zero-order valence-corrected chi connectivity index (χ0v) is 23.9. The zero-order valence-electron chi connectivity index (χ0n) is 23.9. The molecule has 0 saturated carbocycles. The van der Waals surface area contributed by atoms with Crippen LogP contribution in [0.1, 0.15) is 36.6 Å². The van der Waals surface area contributed by atoms with E-state index in [4.69, 9.17) is 18.9 Å². The van der Waals surface area contributed by atoms with Crippen LogP contribution >= 0.6 is 0 Å². The molecule has 1 heterocycles. The first kappa shape index (κ1) is 30.8. The number of amides is 2. The molecule has 0 spiro atoms. The molecule has 0 fully saturated rings. The molecule has 0 unspecified atom stereocenters. The molecule has 2 atom stereocenters. The van der Waals surface area contributed by atoms with Crippen LogP contribution in [-0.4, -0.2) is 49.9 Å². The topological polar surface area (TPSA) is 140 Å². The van der Waals surface area contributed by atoms with E-state index in [1.165, 1.54) is 25.5 Å². The Morgan fingerprint density at radius 3 is 2.63 bits per heavy atom. The molecule has 0 radical (unpaired) electrons. The van der Waals surface area contributed by atoms with Crippen LogP contribution in [0, 0.1) is 5.82 Å². The number of methoxy groups -OCH3 is 1. The molecule has 0 aromatic heterocycles. The average molecular weight is 593 g/mol. The summed E-state index contributed by atoms with van der Waals surface area (Å²) in [4.78, 5) is 24.5. The Balaban J connectivity index is 1.35. The summed E-state index contributed by atoms with van der Waals surface area (Å²) in [7, 11) is 1.27. The summed E-state index contributed by atoms with van der Waals surface area (Å²) in [5, 5.41) is 19.8. The number of rotatable bonds is 13. The van der Waals surface area contributed by atoms with Gasteiger partial charge in [0.05, 0.1) is 31.5 Å². The monoisotopic (exact) mass is 592 g/mol. The summed E-state index contributed by atoms with van der Waals surface area (Å²) in [6.07, 6.45) is 0.374. The van der Waals surface area contributed by atoms with Gasteiger partial charge in [0.1, 0.15) is 24.8 Å². The molecule has 1 aliphatic rings. The highest BCUT2D eigenvalue weighted by Gasteiger charge is 2.32. The number of allylic oxidation sites excluding steroid dienone is 1. The Morgan fingerprint density at radius 1 is 1.09 bits per heavy atom. The minimum atomic E-state index is -1.15. The minimum Gasteiger partial charge on any atom is -0.490 e. The highest BCUT2D eigenvalue weighted by Crippen LogP contribution is 2.35. The fraction of sp³-hybridized carbons (Fsp3) is 0.258. The van der Waals surface area contributed by atoms with E-state index in [0.717, 1.165) is 11.1 Å². The average Bonchev–Trinajstić information content (AvgIpc) is 3.00. The summed E-state index contributed by atoms with van der Waals surface area (Å²) in [6, 6.07) is 17.0. The lowest BCUT2D eigenvalue weighted by Gasteiger charge is -2.28. The van der Waals surface area contributed by atoms with Gasteiger partial charge in [-0.25, -0.2) is 14.0 Å². The molecule has 3 aromatic carbocycles. The Labute approximate surface area is 248 Å². The van der Waals surface area contributed by atoms with Gasteiger partial charge in [-0.1, -0.05) is 30.3 Å². The Morgan fingerprint density at radius 2 is 1.88 bits per heavy atom. The number of nitrogens with zero attached hydrogens (tertiary/aromatic N) is 1. The van der Waals surface area contributed by atoms with E-state index in [2.05, 4.69) is 21.2 Å². The first-order chi connectivity index (χ1) is 20.8. The van der Waals surface area contributed by atoms with E-state index in [0.29, 0.717) is 35.1 Å². The number of esters is 1. The summed E-state index contributed by atoms with van der Waals surface area (Å²) in [5.74, 6) is 0.441. The van der Waals surface area contributed by atoms with Crippen LogP contribution in [0.15, 0.2) is 83.1 Å². The van der Waals surface area contributed by atoms with Crippen LogP contribution in [0.5, 0.6) is 17.2 Å². The smallest absolute Gasteiger partial charge is 0.337 e. The molecule has 0 saturated heterocycles. The standard InChI is InChI=1S/C31H33FN4O7/c1-4-41-26-15-22(29-28(30(38)40-3)19(2)34-31(39)35-29)10-13-25(26)43-18-27(37)36-33-16-21-6-5-7-24(14-21)42-17-20-8-11-23(32)12-9-20/h5-16,27,29,36-37H,4,17-18H2,1-3H3,(H2,34,35,39)/b33-16+/t27-,29-/m1/s1. The second-order valence-corrected chi connectivity index (χ2v) is 9.40. The second-order valence-electron chi connectivity index (χ2n) is 9.40. The molecule has 4 rings (SSSR count). The molecule has 4 N–H and O–H groups in total. The number of ether oxygens (including phenoxy) is 4. The van der Waals surface area contributed by atoms with Crippen molar-refractivity contribution in [2.75, 3.05) is 20.3 Å². The third kappa shape index (κ3) is 8.46. The molecule has 0 aliphatic carbocycles. The van der Waals surface area contributed by atoms with Crippen molar-refractivity contribution in [3.63, 3.8) is 0 Å². The number of hydrogen-bond acceptors (Lipinski definition) is 9. The predicted octanol–water partition coefficient (Wildman–Crippen LogP) is 3.93. The molecule has 2 amide bonds. The van der Waals surface area contributed by atoms with Crippen molar-refractivity contribution in [1.29, 1.82) is 0 Å². The first-order valence-electron chi connectivity index (χ1n) is 13.5. The SMILES string of the molecule is CCOc1cc([C@H]2NC(=O)NC(C)=C2C(=O)OC)ccc1OC[C@@H](O)N/N=C/c1cccc(OCc2ccc(F)cc2)c1. The maximum Gasteiger partial charge on any atom is 0.337 e. The number of carbonyl (C=O) groups is 2. The number of halogens is 1. The quantitative estimate of drug-likeness (QED) is 0.101. The van der Waals surface area contributed by atoms with Crippen molar-refractivity contribution in [1.82, 2.24) is 16.1 Å². The van der Waals surface area contributed by atoms with Crippen LogP contribution in [-0.2, 0) is 16.1 Å². The predicted molar refractivity (Wildman–Crippen MR) is 156 cm³/mol. The van der Waals surface area contributed by atoms with Crippen molar-refractivity contribution < 1.29 is 38.0 Å². The van der Waals surface area contributed by atoms with E-state index in [1.807, 2.05) is 6.07 Å². The normalized spacial score (nSPS) is 15.4. The van der Waals surface area contributed by atoms with Gasteiger partial charge >= 0.3 is 12.0 Å². The fourth-order valence-electron chi connectivity index (χ4n) is 4.25. The van der Waals surface area contributed by atoms with Gasteiger partial charge in [0.15, 0.2) is 17.7 Å². The lowest BCUT2D eigenvalue weighted by atomic mass is 9.95. The first-order valence-corrected chi connectivity index (χ1v) is 13.5. The van der Waals surface area contributed by atoms with Gasteiger partial charge < -0.3 is 34.7 Å². The number of carbonyl (C=O) groups excluding carboxylic acids is 2. The van der Waals surface area contributed by atoms with Gasteiger partial charge in [0, 0.05) is 5.70 Å². The molecular formula is C31H33FN4O7. The van der Waals surface area contributed by atoms with Crippen molar-refractivity contribution in [3.05, 3.63) is 101 Å². The van der Waals surface area contributed by atoms with E-state index in [1.54, 1.807) is 62.4 Å². The van der Waals surface area contributed by atoms with E-state index in [9.17, 15) is 19.1 Å². The van der Waals surface area contributed by atoms with Gasteiger partial charge in [-0.2, -0.15) is 5.10 Å². The van der Waals surface area contributed by atoms with Gasteiger partial charge in [-0.15, -0.1) is 0 Å². The van der Waals surface area contributed by atoms with Crippen molar-refractivity contribution in [2.24, 2.45) is 5.10 Å². The van der Waals surface area contributed by atoms with Crippen molar-refractivity contribution in [3.8, 4) is 17.2 Å². The maximum absolute atomic E-state index is 13.1. The van der Waals surface area contributed by atoms with E-state index in [-0.39, 0.29) is 24.6 Å². The molecule has 0 bridgehead atoms. The molecule has 1 aliphatic heterocycles. The van der Waals surface area contributed by atoms with Crippen LogP contribution in [0.25, 0.3) is 0 Å². The lowest BCUT2D eigenvalue weighted by Crippen LogP contribution is -2.45. The third-order valence-corrected chi connectivity index (χ3v) is 6.29. The van der Waals surface area contributed by atoms with Crippen LogP contribution in [0.4, 0.5) is 9.18 Å². The number of urea groups is 1. The highest BCUT2D eigenvalue weighted by atomic mass is 19.1. The highest BCUT2D eigenvalue weighted by molar-refractivity contribution is 5.95. The fourth-order valence-corrected chi connectivity index (χ4v) is 4.25. The second kappa shape index (κ2) is 14.7. The largest absolute Gasteiger partial charge is 0.490 e. The third-order valence-electron chi connectivity index (χ3n) is 6.29. The Bertz CT molecular complexity index is 1490. The number of aliphatic hydroxyl groups excluding tert-OH is 1. The summed E-state index contributed by atoms with van der Waals surface area (Å²) < 4.78 is 35.3. The number of aliphatic hydroxyl groups is 1. The van der Waals surface area contributed by atoms with Gasteiger partial charge in [-0.05, 0) is 66.9 Å². The molecule has 12 heteroatoms. The van der Waals surface area contributed by atoms with E-state index < -0.39 is 24.3 Å². The van der Waals surface area contributed by atoms with Crippen LogP contribution in [0.2, 0.25) is 0 Å². The zero-order chi connectivity index (χ0) is 30.8. The summed E-state index contributed by atoms with van der Waals surface area (Å²) >= 11 is 0. The van der Waals surface area contributed by atoms with Gasteiger partial charge in [0.25, 0.3) is 0 Å². The Kier molecular flexibility index (Phi) is 10.5. The van der Waals surface area contributed by atoms with E-state index >= 15 is 0 Å². The molecular weight excluding hydrogens is 559 g/mol. The van der Waals surface area contributed by atoms with Crippen LogP contribution < -0.4 is 30.3 Å². The van der Waals surface area contributed by atoms with Gasteiger partial charge in [-0.3, -0.25) is 5.43 Å². The van der Waals surface area contributed by atoms with Gasteiger partial charge in [0.2, 0.25) is 0 Å². The summed E-state index contributed by atoms with van der Waals surface area (Å²) in [6.45, 7) is 3.88. The number of hydrazone groups is 1. The lowest BCUT2D eigenvalue weighted by molar-refractivity contribution is -0.136. The Hall–Kier alpha value is -5.10. The van der Waals surface area contributed by atoms with Crippen molar-refractivity contribution >= 4 is 18.2 Å². The molecule has 11 nitrogen and oxygen atoms in total.